The van der Waals surface area contributed by atoms with Gasteiger partial charge in [-0.05, 0) is 46.6 Å². The largest absolute Gasteiger partial charge is 0.463 e. The van der Waals surface area contributed by atoms with E-state index in [0.29, 0.717) is 24.3 Å². The van der Waals surface area contributed by atoms with Crippen molar-refractivity contribution in [2.45, 2.75) is 78.3 Å². The van der Waals surface area contributed by atoms with E-state index in [0.717, 1.165) is 58.4 Å². The highest BCUT2D eigenvalue weighted by Crippen LogP contribution is 2.19. The minimum Gasteiger partial charge on any atom is -0.463 e. The number of hydrogen-bond acceptors (Lipinski definition) is 7. The molecule has 0 aromatic carbocycles. The molecule has 1 saturated heterocycles. The normalized spacial score (nSPS) is 16.1. The number of aromatic nitrogens is 4. The third-order valence-electron chi connectivity index (χ3n) is 6.29. The third kappa shape index (κ3) is 6.45. The van der Waals surface area contributed by atoms with Gasteiger partial charge in [0.1, 0.15) is 5.52 Å². The number of rotatable bonds is 11. The lowest BCUT2D eigenvalue weighted by Gasteiger charge is -2.42. The van der Waals surface area contributed by atoms with Crippen molar-refractivity contribution < 1.29 is 4.74 Å². The van der Waals surface area contributed by atoms with E-state index in [4.69, 9.17) is 10.5 Å². The van der Waals surface area contributed by atoms with Crippen molar-refractivity contribution in [2.24, 2.45) is 0 Å². The number of fused-ring (bicyclic) bond motifs is 1. The molecular weight excluding hydrogens is 406 g/mol. The number of imidazole rings is 1. The van der Waals surface area contributed by atoms with Crippen molar-refractivity contribution in [3.05, 3.63) is 10.5 Å². The molecule has 3 rings (SSSR count). The van der Waals surface area contributed by atoms with Gasteiger partial charge < -0.3 is 20.4 Å². The van der Waals surface area contributed by atoms with Gasteiger partial charge in [-0.25, -0.2) is 4.79 Å². The highest BCUT2D eigenvalue weighted by molar-refractivity contribution is 5.81. The van der Waals surface area contributed by atoms with Gasteiger partial charge in [0.2, 0.25) is 0 Å². The van der Waals surface area contributed by atoms with E-state index in [2.05, 4.69) is 52.4 Å². The maximum Gasteiger partial charge on any atom is 0.327 e. The minimum absolute atomic E-state index is 0.191. The van der Waals surface area contributed by atoms with Gasteiger partial charge in [-0.3, -0.25) is 9.47 Å². The molecule has 3 N–H and O–H groups in total. The Kier molecular flexibility index (Phi) is 8.53. The van der Waals surface area contributed by atoms with Crippen LogP contribution in [0.2, 0.25) is 0 Å². The summed E-state index contributed by atoms with van der Waals surface area (Å²) in [7, 11) is 0. The molecule has 0 atom stereocenters. The molecule has 3 heterocycles. The number of unbranched alkanes of at least 4 members (excludes halogenated alkanes) is 4. The Morgan fingerprint density at radius 1 is 1.00 bits per heavy atom. The maximum atomic E-state index is 12.4. The number of anilines is 1. The predicted octanol–water partition coefficient (Wildman–Crippen LogP) is 2.86. The molecule has 9 nitrogen and oxygen atoms in total. The lowest BCUT2D eigenvalue weighted by molar-refractivity contribution is 0.0616. The Balaban J connectivity index is 1.43. The van der Waals surface area contributed by atoms with Gasteiger partial charge in [-0.15, -0.1) is 0 Å². The molecule has 1 aliphatic rings. The number of piperazine rings is 1. The smallest absolute Gasteiger partial charge is 0.327 e. The first-order chi connectivity index (χ1) is 15.3. The Morgan fingerprint density at radius 2 is 1.69 bits per heavy atom. The van der Waals surface area contributed by atoms with Crippen LogP contribution in [0.1, 0.15) is 66.2 Å². The predicted molar refractivity (Wildman–Crippen MR) is 129 cm³/mol. The molecular formula is C23H41N7O2. The van der Waals surface area contributed by atoms with E-state index >= 15 is 0 Å². The van der Waals surface area contributed by atoms with E-state index in [1.807, 2.05) is 0 Å². The SMILES string of the molecule is CCCCOc1nc(N)c2[nH]c(=O)n(CCCCCCN3CCN(C(C)(C)C)CC3)c2n1. The van der Waals surface area contributed by atoms with Crippen molar-refractivity contribution in [2.75, 3.05) is 45.1 Å². The molecule has 0 saturated carbocycles. The van der Waals surface area contributed by atoms with Crippen LogP contribution in [0.4, 0.5) is 5.82 Å². The van der Waals surface area contributed by atoms with Crippen LogP contribution in [0.3, 0.4) is 0 Å². The van der Waals surface area contributed by atoms with Crippen LogP contribution >= 0.6 is 0 Å². The number of nitrogen functional groups attached to an aromatic ring is 1. The van der Waals surface area contributed by atoms with Crippen LogP contribution in [0.25, 0.3) is 11.2 Å². The van der Waals surface area contributed by atoms with E-state index in [9.17, 15) is 4.79 Å². The monoisotopic (exact) mass is 447 g/mol. The summed E-state index contributed by atoms with van der Waals surface area (Å²) in [5.41, 5.74) is 7.12. The number of nitrogens with zero attached hydrogens (tertiary/aromatic N) is 5. The van der Waals surface area contributed by atoms with Gasteiger partial charge in [-0.1, -0.05) is 26.2 Å². The van der Waals surface area contributed by atoms with Gasteiger partial charge in [0, 0.05) is 38.3 Å². The average molecular weight is 448 g/mol. The molecule has 180 valence electrons. The fourth-order valence-corrected chi connectivity index (χ4v) is 4.21. The molecule has 0 spiro atoms. The highest BCUT2D eigenvalue weighted by Gasteiger charge is 2.25. The Bertz CT molecular complexity index is 907. The quantitative estimate of drug-likeness (QED) is 0.510. The molecule has 1 aliphatic heterocycles. The van der Waals surface area contributed by atoms with Crippen LogP contribution in [0.15, 0.2) is 4.79 Å². The summed E-state index contributed by atoms with van der Waals surface area (Å²) in [6.45, 7) is 15.9. The zero-order valence-electron chi connectivity index (χ0n) is 20.3. The molecule has 2 aromatic rings. The number of aryl methyl sites for hydroxylation is 1. The van der Waals surface area contributed by atoms with Crippen LogP contribution in [-0.2, 0) is 6.54 Å². The summed E-state index contributed by atoms with van der Waals surface area (Å²) in [4.78, 5) is 29.0. The standard InChI is InChI=1S/C23H41N7O2/c1-5-6-17-32-21-26-19(24)18-20(27-21)30(22(31)25-18)12-10-8-7-9-11-28-13-15-29(16-14-28)23(2,3)4/h5-17H2,1-4H3,(H,25,31)(H2,24,26,27). The number of hydrogen-bond donors (Lipinski definition) is 2. The number of nitrogens with one attached hydrogen (secondary N) is 1. The van der Waals surface area contributed by atoms with Crippen LogP contribution in [0, 0.1) is 0 Å². The van der Waals surface area contributed by atoms with Crippen molar-refractivity contribution >= 4 is 17.0 Å². The molecule has 0 radical (unpaired) electrons. The van der Waals surface area contributed by atoms with E-state index in [1.165, 1.54) is 12.8 Å². The molecule has 32 heavy (non-hydrogen) atoms. The molecule has 0 aliphatic carbocycles. The van der Waals surface area contributed by atoms with Crippen LogP contribution < -0.4 is 16.2 Å². The van der Waals surface area contributed by atoms with E-state index in [1.54, 1.807) is 4.57 Å². The fraction of sp³-hybridized carbons (Fsp3) is 0.783. The van der Waals surface area contributed by atoms with Gasteiger partial charge in [-0.2, -0.15) is 9.97 Å². The minimum atomic E-state index is -0.191. The number of aromatic amines is 1. The van der Waals surface area contributed by atoms with Crippen molar-refractivity contribution in [1.29, 1.82) is 0 Å². The number of nitrogens with two attached hydrogens (primary N) is 1. The molecule has 0 bridgehead atoms. The van der Waals surface area contributed by atoms with Crippen molar-refractivity contribution in [3.63, 3.8) is 0 Å². The van der Waals surface area contributed by atoms with Crippen molar-refractivity contribution in [3.8, 4) is 6.01 Å². The Labute approximate surface area is 191 Å². The third-order valence-corrected chi connectivity index (χ3v) is 6.29. The second kappa shape index (κ2) is 11.1. The fourth-order valence-electron chi connectivity index (χ4n) is 4.21. The number of ether oxygens (including phenoxy) is 1. The zero-order chi connectivity index (χ0) is 23.1. The van der Waals surface area contributed by atoms with Gasteiger partial charge in [0.05, 0.1) is 6.61 Å². The second-order valence-electron chi connectivity index (χ2n) is 9.79. The lowest BCUT2D eigenvalue weighted by atomic mass is 10.0. The van der Waals surface area contributed by atoms with Crippen LogP contribution in [0.5, 0.6) is 6.01 Å². The summed E-state index contributed by atoms with van der Waals surface area (Å²) >= 11 is 0. The summed E-state index contributed by atoms with van der Waals surface area (Å²) in [6.07, 6.45) is 6.33. The molecule has 0 amide bonds. The van der Waals surface area contributed by atoms with E-state index < -0.39 is 0 Å². The first-order valence-electron chi connectivity index (χ1n) is 12.2. The topological polar surface area (TPSA) is 105 Å². The molecule has 2 aromatic heterocycles. The van der Waals surface area contributed by atoms with Gasteiger partial charge in [0.15, 0.2) is 11.5 Å². The Morgan fingerprint density at radius 3 is 2.34 bits per heavy atom. The summed E-state index contributed by atoms with van der Waals surface area (Å²) < 4.78 is 7.26. The molecule has 1 fully saturated rings. The first kappa shape index (κ1) is 24.5. The van der Waals surface area contributed by atoms with Gasteiger partial charge in [0.25, 0.3) is 0 Å². The number of H-pyrrole nitrogens is 1. The van der Waals surface area contributed by atoms with E-state index in [-0.39, 0.29) is 23.1 Å². The van der Waals surface area contributed by atoms with Crippen molar-refractivity contribution in [1.82, 2.24) is 29.3 Å². The maximum absolute atomic E-state index is 12.4. The highest BCUT2D eigenvalue weighted by atomic mass is 16.5. The summed E-state index contributed by atoms with van der Waals surface area (Å²) in [6, 6.07) is 0.239. The first-order valence-corrected chi connectivity index (χ1v) is 12.2. The van der Waals surface area contributed by atoms with Gasteiger partial charge >= 0.3 is 11.7 Å². The van der Waals surface area contributed by atoms with Crippen LogP contribution in [-0.4, -0.2) is 74.2 Å². The summed E-state index contributed by atoms with van der Waals surface area (Å²) in [5, 5.41) is 0. The zero-order valence-corrected chi connectivity index (χ0v) is 20.3. The molecule has 9 heteroatoms. The summed E-state index contributed by atoms with van der Waals surface area (Å²) in [5.74, 6) is 0.254. The second-order valence-corrected chi connectivity index (χ2v) is 9.79. The lowest BCUT2D eigenvalue weighted by Crippen LogP contribution is -2.53. The molecule has 0 unspecified atom stereocenters. The average Bonchev–Trinajstić information content (AvgIpc) is 3.06. The Hall–Kier alpha value is -2.13.